The van der Waals surface area contributed by atoms with E-state index < -0.39 is 17.4 Å². The lowest BCUT2D eigenvalue weighted by molar-refractivity contribution is -0.145. The van der Waals surface area contributed by atoms with Crippen LogP contribution in [0.4, 0.5) is 11.4 Å². The van der Waals surface area contributed by atoms with Gasteiger partial charge in [-0.15, -0.1) is 0 Å². The molecule has 1 saturated heterocycles. The molecule has 1 unspecified atom stereocenters. The van der Waals surface area contributed by atoms with Crippen LogP contribution in [0.15, 0.2) is 84.9 Å². The molecule has 41 heavy (non-hydrogen) atoms. The molecule has 0 bridgehead atoms. The summed E-state index contributed by atoms with van der Waals surface area (Å²) in [5.41, 5.74) is 4.10. The molecule has 1 aliphatic rings. The van der Waals surface area contributed by atoms with Crippen molar-refractivity contribution in [2.24, 2.45) is 11.3 Å². The van der Waals surface area contributed by atoms with Crippen LogP contribution in [-0.2, 0) is 14.4 Å². The predicted molar refractivity (Wildman–Crippen MR) is 175 cm³/mol. The minimum atomic E-state index is -0.591. The zero-order valence-corrected chi connectivity index (χ0v) is 26.7. The number of anilines is 2. The molecule has 3 aromatic rings. The van der Waals surface area contributed by atoms with Gasteiger partial charge in [0.25, 0.3) is 5.91 Å². The molecule has 1 aliphatic heterocycles. The number of para-hydroxylation sites is 1. The quantitative estimate of drug-likeness (QED) is 0.182. The number of likely N-dealkylation sites (tertiary alicyclic amines) is 1. The molecule has 1 fully saturated rings. The van der Waals surface area contributed by atoms with Crippen LogP contribution in [-0.4, -0.2) is 35.1 Å². The van der Waals surface area contributed by atoms with Crippen molar-refractivity contribution in [3.8, 4) is 0 Å². The molecule has 6 heteroatoms. The number of benzene rings is 3. The van der Waals surface area contributed by atoms with Crippen molar-refractivity contribution < 1.29 is 14.4 Å². The van der Waals surface area contributed by atoms with E-state index in [9.17, 15) is 14.4 Å². The number of hydrogen-bond acceptors (Lipinski definition) is 3. The van der Waals surface area contributed by atoms with E-state index in [1.165, 1.54) is 0 Å². The Bertz CT molecular complexity index is 1410. The first-order chi connectivity index (χ1) is 19.5. The number of aryl methyl sites for hydroxylation is 1. The van der Waals surface area contributed by atoms with Gasteiger partial charge < -0.3 is 4.90 Å². The van der Waals surface area contributed by atoms with Gasteiger partial charge in [-0.1, -0.05) is 68.8 Å². The summed E-state index contributed by atoms with van der Waals surface area (Å²) < 4.78 is 1.08. The Labute approximate surface area is 257 Å². The maximum Gasteiger partial charge on any atom is 0.254 e. The molecule has 1 heterocycles. The summed E-state index contributed by atoms with van der Waals surface area (Å²) in [6.07, 6.45) is 3.09. The standard InChI is InChI=1S/C35H39IN2O3/c1-24-13-15-26(16-14-24)25(2)22-30(39)23-31(35(3,4)5)33(40)37-21-9-12-32(37)34(41)38(28-10-7-6-8-11-28)29-19-17-27(36)18-20-29/h6-8,10-11,13-20,22,31-32H,9,12,21,23H2,1-5H3/b25-22+/t31-,32?/m1/s1. The number of ketones is 1. The van der Waals surface area contributed by atoms with Gasteiger partial charge in [-0.3, -0.25) is 19.3 Å². The van der Waals surface area contributed by atoms with Crippen LogP contribution < -0.4 is 4.90 Å². The average Bonchev–Trinajstić information content (AvgIpc) is 3.43. The van der Waals surface area contributed by atoms with Crippen LogP contribution in [0.5, 0.6) is 0 Å². The molecule has 2 atom stereocenters. The van der Waals surface area contributed by atoms with Crippen LogP contribution in [0.3, 0.4) is 0 Å². The zero-order chi connectivity index (χ0) is 29.7. The molecule has 0 spiro atoms. The lowest BCUT2D eigenvalue weighted by Gasteiger charge is -2.36. The first kappa shape index (κ1) is 30.7. The lowest BCUT2D eigenvalue weighted by Crippen LogP contribution is -2.50. The van der Waals surface area contributed by atoms with Crippen LogP contribution in [0.2, 0.25) is 0 Å². The van der Waals surface area contributed by atoms with Crippen molar-refractivity contribution in [3.05, 3.63) is 99.6 Å². The smallest absolute Gasteiger partial charge is 0.254 e. The van der Waals surface area contributed by atoms with Crippen molar-refractivity contribution in [2.45, 2.75) is 59.9 Å². The fourth-order valence-corrected chi connectivity index (χ4v) is 5.73. The second-order valence-electron chi connectivity index (χ2n) is 12.0. The number of amides is 2. The number of hydrogen-bond donors (Lipinski definition) is 0. The second kappa shape index (κ2) is 13.1. The van der Waals surface area contributed by atoms with E-state index >= 15 is 0 Å². The summed E-state index contributed by atoms with van der Waals surface area (Å²) in [5.74, 6) is -0.881. The van der Waals surface area contributed by atoms with E-state index in [-0.39, 0.29) is 24.0 Å². The van der Waals surface area contributed by atoms with Gasteiger partial charge in [-0.05, 0) is 108 Å². The summed E-state index contributed by atoms with van der Waals surface area (Å²) >= 11 is 2.25. The van der Waals surface area contributed by atoms with Gasteiger partial charge in [-0.25, -0.2) is 0 Å². The maximum atomic E-state index is 14.2. The number of allylic oxidation sites excluding steroid dienone is 2. The Hall–Kier alpha value is -3.26. The average molecular weight is 663 g/mol. The SMILES string of the molecule is C/C(=C\C(=O)C[C@H](C(=O)N1CCCC1C(=O)N(c1ccccc1)c1ccc(I)cc1)C(C)(C)C)c1ccc(C)cc1. The normalized spacial score (nSPS) is 16.4. The Morgan fingerprint density at radius 2 is 1.56 bits per heavy atom. The van der Waals surface area contributed by atoms with Crippen molar-refractivity contribution >= 4 is 57.1 Å². The van der Waals surface area contributed by atoms with Gasteiger partial charge in [0.1, 0.15) is 6.04 Å². The largest absolute Gasteiger partial charge is 0.330 e. The fourth-order valence-electron chi connectivity index (χ4n) is 5.37. The topological polar surface area (TPSA) is 57.7 Å². The summed E-state index contributed by atoms with van der Waals surface area (Å²) in [5, 5.41) is 0. The van der Waals surface area contributed by atoms with Gasteiger partial charge in [0.15, 0.2) is 5.78 Å². The minimum Gasteiger partial charge on any atom is -0.330 e. The van der Waals surface area contributed by atoms with Crippen LogP contribution in [0.1, 0.15) is 58.1 Å². The van der Waals surface area contributed by atoms with Gasteiger partial charge in [0.05, 0.1) is 5.92 Å². The van der Waals surface area contributed by atoms with Crippen LogP contribution >= 0.6 is 22.6 Å². The molecule has 5 nitrogen and oxygen atoms in total. The van der Waals surface area contributed by atoms with Gasteiger partial charge in [0.2, 0.25) is 5.91 Å². The summed E-state index contributed by atoms with van der Waals surface area (Å²) in [7, 11) is 0. The maximum absolute atomic E-state index is 14.2. The van der Waals surface area contributed by atoms with Crippen molar-refractivity contribution in [1.29, 1.82) is 0 Å². The van der Waals surface area contributed by atoms with Crippen molar-refractivity contribution in [3.63, 3.8) is 0 Å². The summed E-state index contributed by atoms with van der Waals surface area (Å²) in [4.78, 5) is 45.1. The number of carbonyl (C=O) groups excluding carboxylic acids is 3. The number of carbonyl (C=O) groups is 3. The molecule has 0 aromatic heterocycles. The number of halogens is 1. The Morgan fingerprint density at radius 1 is 0.951 bits per heavy atom. The second-order valence-corrected chi connectivity index (χ2v) is 13.2. The van der Waals surface area contributed by atoms with Crippen molar-refractivity contribution in [1.82, 2.24) is 4.90 Å². The molecular weight excluding hydrogens is 623 g/mol. The fraction of sp³-hybridized carbons (Fsp3) is 0.343. The molecule has 4 rings (SSSR count). The van der Waals surface area contributed by atoms with E-state index in [1.807, 2.05) is 113 Å². The minimum absolute atomic E-state index is 0.0803. The van der Waals surface area contributed by atoms with Crippen molar-refractivity contribution in [2.75, 3.05) is 11.4 Å². The Morgan fingerprint density at radius 3 is 2.17 bits per heavy atom. The summed E-state index contributed by atoms with van der Waals surface area (Å²) in [6, 6.07) is 24.9. The van der Waals surface area contributed by atoms with E-state index in [1.54, 1.807) is 15.9 Å². The highest BCUT2D eigenvalue weighted by atomic mass is 127. The van der Waals surface area contributed by atoms with Crippen LogP contribution in [0, 0.1) is 21.8 Å². The Balaban J connectivity index is 1.59. The lowest BCUT2D eigenvalue weighted by atomic mass is 9.76. The van der Waals surface area contributed by atoms with Gasteiger partial charge in [-0.2, -0.15) is 0 Å². The molecule has 0 aliphatic carbocycles. The highest BCUT2D eigenvalue weighted by molar-refractivity contribution is 14.1. The number of rotatable bonds is 8. The third-order valence-electron chi connectivity index (χ3n) is 7.77. The third-order valence-corrected chi connectivity index (χ3v) is 8.49. The molecule has 214 valence electrons. The molecule has 0 saturated carbocycles. The van der Waals surface area contributed by atoms with Crippen LogP contribution in [0.25, 0.3) is 5.57 Å². The zero-order valence-electron chi connectivity index (χ0n) is 24.6. The van der Waals surface area contributed by atoms with Gasteiger partial charge in [0, 0.05) is 27.9 Å². The highest BCUT2D eigenvalue weighted by Gasteiger charge is 2.43. The first-order valence-electron chi connectivity index (χ1n) is 14.2. The first-order valence-corrected chi connectivity index (χ1v) is 15.3. The molecule has 2 amide bonds. The Kier molecular flexibility index (Phi) is 9.84. The van der Waals surface area contributed by atoms with E-state index in [0.29, 0.717) is 13.0 Å². The third kappa shape index (κ3) is 7.53. The molecule has 0 radical (unpaired) electrons. The molecule has 3 aromatic carbocycles. The summed E-state index contributed by atoms with van der Waals surface area (Å²) in [6.45, 7) is 10.4. The van der Waals surface area contributed by atoms with E-state index in [0.717, 1.165) is 38.1 Å². The monoisotopic (exact) mass is 662 g/mol. The van der Waals surface area contributed by atoms with E-state index in [2.05, 4.69) is 22.6 Å². The highest BCUT2D eigenvalue weighted by Crippen LogP contribution is 2.36. The molecule has 0 N–H and O–H groups in total. The van der Waals surface area contributed by atoms with Gasteiger partial charge >= 0.3 is 0 Å². The number of nitrogens with zero attached hydrogens (tertiary/aromatic N) is 2. The van der Waals surface area contributed by atoms with E-state index in [4.69, 9.17) is 0 Å². The molecular formula is C35H39IN2O3. The predicted octanol–water partition coefficient (Wildman–Crippen LogP) is 7.98.